The number of hydrogen-bond acceptors (Lipinski definition) is 1. The van der Waals surface area contributed by atoms with Crippen molar-refractivity contribution in [1.29, 1.82) is 0 Å². The Labute approximate surface area is 167 Å². The van der Waals surface area contributed by atoms with Gasteiger partial charge in [-0.25, -0.2) is 0 Å². The summed E-state index contributed by atoms with van der Waals surface area (Å²) < 4.78 is 0. The summed E-state index contributed by atoms with van der Waals surface area (Å²) in [7, 11) is 0. The lowest BCUT2D eigenvalue weighted by molar-refractivity contribution is -0.929. The number of benzene rings is 3. The molecule has 0 radical (unpaired) electrons. The molecule has 0 aromatic heterocycles. The summed E-state index contributed by atoms with van der Waals surface area (Å²) in [5.74, 6) is 0.148. The number of carbonyl (C=O) groups excluding carboxylic acids is 1. The third kappa shape index (κ3) is 4.00. The molecular formula is C25H27N2O+. The number of amides is 1. The molecule has 28 heavy (non-hydrogen) atoms. The fourth-order valence-corrected chi connectivity index (χ4v) is 4.12. The van der Waals surface area contributed by atoms with Gasteiger partial charge in [0.1, 0.15) is 6.04 Å². The standard InChI is InChI=1S/C25H26N2O/c1-20-12-14-23(15-13-20)25(28)27-18-16-26(17-19-27)24(21-8-4-2-5-9-21)22-10-6-3-7-11-22/h2-15,24H,16-19H2,1H3/p+1. The Kier molecular flexibility index (Phi) is 5.54. The number of quaternary nitrogens is 1. The van der Waals surface area contributed by atoms with Gasteiger partial charge in [0.2, 0.25) is 0 Å². The second-order valence-corrected chi connectivity index (χ2v) is 7.57. The molecule has 0 unspecified atom stereocenters. The Hall–Kier alpha value is -2.91. The maximum absolute atomic E-state index is 12.8. The van der Waals surface area contributed by atoms with Crippen LogP contribution < -0.4 is 4.90 Å². The number of nitrogens with zero attached hydrogens (tertiary/aromatic N) is 1. The molecule has 0 saturated carbocycles. The molecule has 0 aliphatic carbocycles. The van der Waals surface area contributed by atoms with Crippen molar-refractivity contribution in [3.8, 4) is 0 Å². The molecule has 3 aromatic rings. The van der Waals surface area contributed by atoms with Gasteiger partial charge in [-0.1, -0.05) is 78.4 Å². The second-order valence-electron chi connectivity index (χ2n) is 7.57. The Bertz CT molecular complexity index is 859. The Balaban J connectivity index is 1.50. The molecular weight excluding hydrogens is 344 g/mol. The predicted octanol–water partition coefficient (Wildman–Crippen LogP) is 3.13. The minimum Gasteiger partial charge on any atom is -0.327 e. The first-order chi connectivity index (χ1) is 13.7. The molecule has 1 amide bonds. The molecule has 1 fully saturated rings. The van der Waals surface area contributed by atoms with Crippen molar-refractivity contribution in [2.45, 2.75) is 13.0 Å². The summed E-state index contributed by atoms with van der Waals surface area (Å²) in [6.07, 6.45) is 0. The quantitative estimate of drug-likeness (QED) is 0.749. The zero-order valence-corrected chi connectivity index (χ0v) is 16.3. The molecule has 0 bridgehead atoms. The van der Waals surface area contributed by atoms with Crippen molar-refractivity contribution in [3.63, 3.8) is 0 Å². The lowest BCUT2D eigenvalue weighted by Gasteiger charge is -2.37. The second kappa shape index (κ2) is 8.41. The summed E-state index contributed by atoms with van der Waals surface area (Å²) in [5.41, 5.74) is 4.64. The summed E-state index contributed by atoms with van der Waals surface area (Å²) in [4.78, 5) is 16.4. The highest BCUT2D eigenvalue weighted by atomic mass is 16.2. The van der Waals surface area contributed by atoms with Crippen molar-refractivity contribution in [2.24, 2.45) is 0 Å². The van der Waals surface area contributed by atoms with Crippen LogP contribution in [0, 0.1) is 6.92 Å². The molecule has 1 aliphatic heterocycles. The van der Waals surface area contributed by atoms with Crippen LogP contribution in [0.5, 0.6) is 0 Å². The SMILES string of the molecule is Cc1ccc(C(=O)N2CC[NH+](C(c3ccccc3)c3ccccc3)CC2)cc1. The van der Waals surface area contributed by atoms with Crippen molar-refractivity contribution in [2.75, 3.05) is 26.2 Å². The van der Waals surface area contributed by atoms with Crippen molar-refractivity contribution in [1.82, 2.24) is 4.90 Å². The van der Waals surface area contributed by atoms with E-state index in [1.165, 1.54) is 21.6 Å². The number of nitrogens with one attached hydrogen (secondary N) is 1. The molecule has 3 nitrogen and oxygen atoms in total. The van der Waals surface area contributed by atoms with Gasteiger partial charge >= 0.3 is 0 Å². The number of rotatable bonds is 4. The molecule has 142 valence electrons. The van der Waals surface area contributed by atoms with E-state index in [-0.39, 0.29) is 5.91 Å². The van der Waals surface area contributed by atoms with Crippen molar-refractivity contribution < 1.29 is 9.69 Å². The normalized spacial score (nSPS) is 15.0. The highest BCUT2D eigenvalue weighted by Gasteiger charge is 2.31. The van der Waals surface area contributed by atoms with E-state index in [2.05, 4.69) is 60.7 Å². The lowest BCUT2D eigenvalue weighted by Crippen LogP contribution is -3.15. The minimum atomic E-state index is 0.148. The first kappa shape index (κ1) is 18.5. The van der Waals surface area contributed by atoms with Crippen LogP contribution in [0.3, 0.4) is 0 Å². The lowest BCUT2D eigenvalue weighted by atomic mass is 9.96. The molecule has 0 spiro atoms. The van der Waals surface area contributed by atoms with Crippen LogP contribution in [0.1, 0.15) is 33.1 Å². The Morgan fingerprint density at radius 2 is 1.29 bits per heavy atom. The topological polar surface area (TPSA) is 24.8 Å². The predicted molar refractivity (Wildman–Crippen MR) is 113 cm³/mol. The van der Waals surface area contributed by atoms with Crippen LogP contribution in [0.4, 0.5) is 0 Å². The molecule has 0 atom stereocenters. The van der Waals surface area contributed by atoms with Gasteiger partial charge in [0.25, 0.3) is 5.91 Å². The largest absolute Gasteiger partial charge is 0.327 e. The van der Waals surface area contributed by atoms with E-state index in [4.69, 9.17) is 0 Å². The number of carbonyl (C=O) groups is 1. The third-order valence-corrected chi connectivity index (χ3v) is 5.67. The first-order valence-electron chi connectivity index (χ1n) is 10.0. The van der Waals surface area contributed by atoms with Crippen LogP contribution in [-0.2, 0) is 0 Å². The van der Waals surface area contributed by atoms with Crippen LogP contribution in [-0.4, -0.2) is 37.0 Å². The maximum atomic E-state index is 12.8. The van der Waals surface area contributed by atoms with Gasteiger partial charge in [-0.2, -0.15) is 0 Å². The van der Waals surface area contributed by atoms with E-state index < -0.39 is 0 Å². The highest BCUT2D eigenvalue weighted by Crippen LogP contribution is 2.19. The average Bonchev–Trinajstić information content (AvgIpc) is 2.76. The van der Waals surface area contributed by atoms with E-state index in [0.29, 0.717) is 6.04 Å². The molecule has 3 aromatic carbocycles. The van der Waals surface area contributed by atoms with Crippen molar-refractivity contribution >= 4 is 5.91 Å². The molecule has 4 rings (SSSR count). The molecule has 3 heteroatoms. The smallest absolute Gasteiger partial charge is 0.254 e. The monoisotopic (exact) mass is 371 g/mol. The van der Waals surface area contributed by atoms with Gasteiger partial charge < -0.3 is 9.80 Å². The summed E-state index contributed by atoms with van der Waals surface area (Å²) in [5, 5.41) is 0. The van der Waals surface area contributed by atoms with Gasteiger partial charge in [-0.05, 0) is 19.1 Å². The fraction of sp³-hybridized carbons (Fsp3) is 0.240. The van der Waals surface area contributed by atoms with Gasteiger partial charge in [0, 0.05) is 16.7 Å². The van der Waals surface area contributed by atoms with E-state index >= 15 is 0 Å². The van der Waals surface area contributed by atoms with Crippen molar-refractivity contribution in [3.05, 3.63) is 107 Å². The van der Waals surface area contributed by atoms with Crippen LogP contribution in [0.2, 0.25) is 0 Å². The zero-order valence-electron chi connectivity index (χ0n) is 16.3. The minimum absolute atomic E-state index is 0.148. The third-order valence-electron chi connectivity index (χ3n) is 5.67. The van der Waals surface area contributed by atoms with Crippen LogP contribution >= 0.6 is 0 Å². The number of aryl methyl sites for hydroxylation is 1. The number of piperazine rings is 1. The summed E-state index contributed by atoms with van der Waals surface area (Å²) in [6.45, 7) is 5.53. The first-order valence-corrected chi connectivity index (χ1v) is 10.0. The fourth-order valence-electron chi connectivity index (χ4n) is 4.12. The molecule has 1 aliphatic rings. The van der Waals surface area contributed by atoms with E-state index in [1.807, 2.05) is 36.1 Å². The van der Waals surface area contributed by atoms with Crippen LogP contribution in [0.15, 0.2) is 84.9 Å². The van der Waals surface area contributed by atoms with E-state index in [1.54, 1.807) is 0 Å². The Morgan fingerprint density at radius 1 is 0.786 bits per heavy atom. The highest BCUT2D eigenvalue weighted by molar-refractivity contribution is 5.94. The summed E-state index contributed by atoms with van der Waals surface area (Å²) in [6, 6.07) is 29.7. The van der Waals surface area contributed by atoms with E-state index in [0.717, 1.165) is 31.7 Å². The van der Waals surface area contributed by atoms with Gasteiger partial charge in [0.05, 0.1) is 26.2 Å². The average molecular weight is 372 g/mol. The van der Waals surface area contributed by atoms with Gasteiger partial charge in [0.15, 0.2) is 0 Å². The van der Waals surface area contributed by atoms with Crippen LogP contribution in [0.25, 0.3) is 0 Å². The maximum Gasteiger partial charge on any atom is 0.254 e. The van der Waals surface area contributed by atoms with Gasteiger partial charge in [-0.15, -0.1) is 0 Å². The molecule has 1 heterocycles. The van der Waals surface area contributed by atoms with Gasteiger partial charge in [-0.3, -0.25) is 4.79 Å². The zero-order chi connectivity index (χ0) is 19.3. The number of hydrogen-bond donors (Lipinski definition) is 1. The molecule has 1 N–H and O–H groups in total. The Morgan fingerprint density at radius 3 is 1.79 bits per heavy atom. The summed E-state index contributed by atoms with van der Waals surface area (Å²) >= 11 is 0. The van der Waals surface area contributed by atoms with E-state index in [9.17, 15) is 4.79 Å². The molecule has 1 saturated heterocycles.